The third-order valence-corrected chi connectivity index (χ3v) is 3.48. The number of benzene rings is 1. The smallest absolute Gasteiger partial charge is 0.254 e. The van der Waals surface area contributed by atoms with Gasteiger partial charge in [-0.25, -0.2) is 14.3 Å². The number of carbonyl (C=O) groups excluding carboxylic acids is 1. The van der Waals surface area contributed by atoms with Crippen molar-refractivity contribution in [3.63, 3.8) is 0 Å². The first-order valence-electron chi connectivity index (χ1n) is 5.29. The third kappa shape index (κ3) is 3.71. The van der Waals surface area contributed by atoms with Crippen LogP contribution in [0.5, 0.6) is 0 Å². The van der Waals surface area contributed by atoms with Crippen molar-refractivity contribution >= 4 is 21.6 Å². The number of hydrogen-bond acceptors (Lipinski definition) is 4. The molecule has 1 aromatic carbocycles. The SMILES string of the molecule is Cc1cc(C)cc(N(CC(=O)NN)S(C)(=O)=O)c1. The minimum Gasteiger partial charge on any atom is -0.293 e. The van der Waals surface area contributed by atoms with Crippen LogP contribution >= 0.6 is 0 Å². The predicted octanol–water partition coefficient (Wildman–Crippen LogP) is 0.0593. The van der Waals surface area contributed by atoms with Gasteiger partial charge in [-0.05, 0) is 37.1 Å². The Labute approximate surface area is 107 Å². The monoisotopic (exact) mass is 271 g/mol. The van der Waals surface area contributed by atoms with Crippen molar-refractivity contribution in [2.45, 2.75) is 13.8 Å². The Morgan fingerprint density at radius 1 is 1.28 bits per heavy atom. The number of anilines is 1. The fraction of sp³-hybridized carbons (Fsp3) is 0.364. The lowest BCUT2D eigenvalue weighted by atomic mass is 10.1. The van der Waals surface area contributed by atoms with E-state index in [2.05, 4.69) is 0 Å². The predicted molar refractivity (Wildman–Crippen MR) is 70.4 cm³/mol. The summed E-state index contributed by atoms with van der Waals surface area (Å²) in [4.78, 5) is 11.3. The molecule has 6 nitrogen and oxygen atoms in total. The van der Waals surface area contributed by atoms with E-state index in [0.717, 1.165) is 21.7 Å². The Balaban J connectivity index is 3.22. The van der Waals surface area contributed by atoms with Gasteiger partial charge in [0.2, 0.25) is 10.0 Å². The molecule has 0 heterocycles. The van der Waals surface area contributed by atoms with Gasteiger partial charge >= 0.3 is 0 Å². The van der Waals surface area contributed by atoms with Crippen LogP contribution in [0.3, 0.4) is 0 Å². The van der Waals surface area contributed by atoms with E-state index in [1.807, 2.05) is 25.3 Å². The summed E-state index contributed by atoms with van der Waals surface area (Å²) in [7, 11) is -3.54. The number of nitrogens with one attached hydrogen (secondary N) is 1. The summed E-state index contributed by atoms with van der Waals surface area (Å²) < 4.78 is 24.4. The molecule has 0 unspecified atom stereocenters. The maximum Gasteiger partial charge on any atom is 0.254 e. The van der Waals surface area contributed by atoms with E-state index in [1.54, 1.807) is 12.1 Å². The molecule has 0 aliphatic heterocycles. The van der Waals surface area contributed by atoms with Crippen LogP contribution in [0.2, 0.25) is 0 Å². The van der Waals surface area contributed by atoms with E-state index in [0.29, 0.717) is 5.69 Å². The molecule has 1 amide bonds. The summed E-state index contributed by atoms with van der Waals surface area (Å²) in [6.07, 6.45) is 1.05. The molecule has 100 valence electrons. The Morgan fingerprint density at radius 2 is 1.78 bits per heavy atom. The average Bonchev–Trinajstić information content (AvgIpc) is 2.22. The standard InChI is InChI=1S/C11H17N3O3S/c1-8-4-9(2)6-10(5-8)14(18(3,16)17)7-11(15)13-12/h4-6H,7,12H2,1-3H3,(H,13,15). The maximum atomic E-state index is 11.7. The largest absolute Gasteiger partial charge is 0.293 e. The highest BCUT2D eigenvalue weighted by molar-refractivity contribution is 7.92. The number of nitrogens with two attached hydrogens (primary N) is 1. The zero-order valence-electron chi connectivity index (χ0n) is 10.6. The molecule has 1 aromatic rings. The number of amides is 1. The Hall–Kier alpha value is -1.60. The number of hydrogen-bond donors (Lipinski definition) is 2. The van der Waals surface area contributed by atoms with E-state index >= 15 is 0 Å². The molecule has 0 saturated heterocycles. The molecule has 0 atom stereocenters. The van der Waals surface area contributed by atoms with Crippen molar-refractivity contribution in [2.75, 3.05) is 17.1 Å². The van der Waals surface area contributed by atoms with Gasteiger partial charge in [0.05, 0.1) is 11.9 Å². The first kappa shape index (κ1) is 14.5. The highest BCUT2D eigenvalue weighted by Crippen LogP contribution is 2.20. The summed E-state index contributed by atoms with van der Waals surface area (Å²) >= 11 is 0. The number of nitrogens with zero attached hydrogens (tertiary/aromatic N) is 1. The van der Waals surface area contributed by atoms with Crippen molar-refractivity contribution in [2.24, 2.45) is 5.84 Å². The van der Waals surface area contributed by atoms with Crippen molar-refractivity contribution in [1.29, 1.82) is 0 Å². The summed E-state index contributed by atoms with van der Waals surface area (Å²) in [6, 6.07) is 5.34. The summed E-state index contributed by atoms with van der Waals surface area (Å²) in [5, 5.41) is 0. The number of aryl methyl sites for hydroxylation is 2. The van der Waals surface area contributed by atoms with Gasteiger partial charge in [-0.15, -0.1) is 0 Å². The van der Waals surface area contributed by atoms with E-state index in [4.69, 9.17) is 5.84 Å². The zero-order valence-corrected chi connectivity index (χ0v) is 11.4. The summed E-state index contributed by atoms with van der Waals surface area (Å²) in [5.74, 6) is 4.41. The van der Waals surface area contributed by atoms with Crippen LogP contribution in [0.25, 0.3) is 0 Å². The van der Waals surface area contributed by atoms with Crippen molar-refractivity contribution < 1.29 is 13.2 Å². The van der Waals surface area contributed by atoms with Gasteiger partial charge in [0.25, 0.3) is 5.91 Å². The van der Waals surface area contributed by atoms with Gasteiger partial charge in [0.1, 0.15) is 6.54 Å². The minimum absolute atomic E-state index is 0.335. The fourth-order valence-electron chi connectivity index (χ4n) is 1.67. The first-order chi connectivity index (χ1) is 8.24. The highest BCUT2D eigenvalue weighted by Gasteiger charge is 2.20. The van der Waals surface area contributed by atoms with Gasteiger partial charge in [-0.1, -0.05) is 6.07 Å². The number of carbonyl (C=O) groups is 1. The van der Waals surface area contributed by atoms with Crippen LogP contribution in [-0.2, 0) is 14.8 Å². The molecule has 0 aliphatic carbocycles. The van der Waals surface area contributed by atoms with E-state index in [9.17, 15) is 13.2 Å². The Morgan fingerprint density at radius 3 is 2.17 bits per heavy atom. The normalized spacial score (nSPS) is 11.1. The quantitative estimate of drug-likeness (QED) is 0.460. The second kappa shape index (κ2) is 5.36. The van der Waals surface area contributed by atoms with Crippen LogP contribution in [0.4, 0.5) is 5.69 Å². The Kier molecular flexibility index (Phi) is 4.31. The lowest BCUT2D eigenvalue weighted by Gasteiger charge is -2.22. The molecule has 3 N–H and O–H groups in total. The fourth-order valence-corrected chi connectivity index (χ4v) is 2.51. The third-order valence-electron chi connectivity index (χ3n) is 2.34. The molecule has 18 heavy (non-hydrogen) atoms. The molecule has 0 aromatic heterocycles. The molecule has 0 saturated carbocycles. The average molecular weight is 271 g/mol. The minimum atomic E-state index is -3.54. The van der Waals surface area contributed by atoms with Crippen LogP contribution in [0.1, 0.15) is 11.1 Å². The number of hydrazine groups is 1. The van der Waals surface area contributed by atoms with Crippen LogP contribution < -0.4 is 15.6 Å². The topological polar surface area (TPSA) is 92.5 Å². The van der Waals surface area contributed by atoms with Crippen LogP contribution in [-0.4, -0.2) is 27.1 Å². The molecular weight excluding hydrogens is 254 g/mol. The molecule has 1 rings (SSSR count). The van der Waals surface area contributed by atoms with Crippen molar-refractivity contribution in [3.05, 3.63) is 29.3 Å². The molecule has 0 bridgehead atoms. The van der Waals surface area contributed by atoms with Crippen LogP contribution in [0, 0.1) is 13.8 Å². The molecule has 0 spiro atoms. The lowest BCUT2D eigenvalue weighted by molar-refractivity contribution is -0.119. The van der Waals surface area contributed by atoms with Gasteiger partial charge in [-0.2, -0.15) is 0 Å². The second-order valence-electron chi connectivity index (χ2n) is 4.18. The molecular formula is C11H17N3O3S. The molecule has 0 radical (unpaired) electrons. The van der Waals surface area contributed by atoms with Crippen molar-refractivity contribution in [3.8, 4) is 0 Å². The van der Waals surface area contributed by atoms with Crippen molar-refractivity contribution in [1.82, 2.24) is 5.43 Å². The van der Waals surface area contributed by atoms with Gasteiger partial charge in [0.15, 0.2) is 0 Å². The molecule has 7 heteroatoms. The Bertz CT molecular complexity index is 534. The summed E-state index contributed by atoms with van der Waals surface area (Å²) in [5.41, 5.74) is 4.22. The van der Waals surface area contributed by atoms with Crippen LogP contribution in [0.15, 0.2) is 18.2 Å². The lowest BCUT2D eigenvalue weighted by Crippen LogP contribution is -2.42. The highest BCUT2D eigenvalue weighted by atomic mass is 32.2. The van der Waals surface area contributed by atoms with Gasteiger partial charge in [0, 0.05) is 0 Å². The number of sulfonamides is 1. The second-order valence-corrected chi connectivity index (χ2v) is 6.09. The van der Waals surface area contributed by atoms with Gasteiger partial charge < -0.3 is 0 Å². The number of rotatable bonds is 4. The zero-order chi connectivity index (χ0) is 13.9. The van der Waals surface area contributed by atoms with E-state index in [1.165, 1.54) is 0 Å². The maximum absolute atomic E-state index is 11.7. The molecule has 0 fully saturated rings. The molecule has 0 aliphatic rings. The van der Waals surface area contributed by atoms with E-state index in [-0.39, 0.29) is 6.54 Å². The van der Waals surface area contributed by atoms with E-state index < -0.39 is 15.9 Å². The van der Waals surface area contributed by atoms with Gasteiger partial charge in [-0.3, -0.25) is 14.5 Å². The first-order valence-corrected chi connectivity index (χ1v) is 7.14. The summed E-state index contributed by atoms with van der Waals surface area (Å²) in [6.45, 7) is 3.39.